The van der Waals surface area contributed by atoms with Crippen molar-refractivity contribution in [2.24, 2.45) is 0 Å². The summed E-state index contributed by atoms with van der Waals surface area (Å²) in [6.45, 7) is 6.08. The number of aromatic hydroxyl groups is 1. The van der Waals surface area contributed by atoms with E-state index >= 15 is 0 Å². The number of hydrogen-bond donors (Lipinski definition) is 1. The van der Waals surface area contributed by atoms with Crippen LogP contribution in [0.15, 0.2) is 48.9 Å². The molecule has 1 N–H and O–H groups in total. The summed E-state index contributed by atoms with van der Waals surface area (Å²) in [4.78, 5) is 4.13. The molecule has 6 nitrogen and oxygen atoms in total. The molecule has 0 aliphatic rings. The first-order valence-corrected chi connectivity index (χ1v) is 8.23. The minimum Gasteiger partial charge on any atom is -0.494 e. The number of rotatable bonds is 3. The monoisotopic (exact) mass is 333 g/mol. The van der Waals surface area contributed by atoms with Crippen LogP contribution >= 0.6 is 0 Å². The minimum atomic E-state index is 0.198. The first-order valence-electron chi connectivity index (χ1n) is 8.23. The molecule has 3 aromatic heterocycles. The van der Waals surface area contributed by atoms with Crippen LogP contribution in [-0.4, -0.2) is 29.7 Å². The van der Waals surface area contributed by atoms with Crippen LogP contribution in [0.1, 0.15) is 25.6 Å². The van der Waals surface area contributed by atoms with E-state index in [9.17, 15) is 5.11 Å². The Morgan fingerprint density at radius 3 is 2.72 bits per heavy atom. The van der Waals surface area contributed by atoms with Crippen molar-refractivity contribution in [3.8, 4) is 22.8 Å². The predicted molar refractivity (Wildman–Crippen MR) is 96.9 cm³/mol. The quantitative estimate of drug-likeness (QED) is 0.618. The van der Waals surface area contributed by atoms with Crippen molar-refractivity contribution in [2.75, 3.05) is 0 Å². The van der Waals surface area contributed by atoms with E-state index in [1.807, 2.05) is 61.9 Å². The molecular formula is C19H19N5O. The lowest BCUT2D eigenvalue weighted by Gasteiger charge is -2.07. The number of fused-ring (bicyclic) bond motifs is 1. The number of nitrogens with zero attached hydrogens (tertiary/aromatic N) is 5. The Bertz CT molecular complexity index is 1050. The normalized spacial score (nSPS) is 11.5. The van der Waals surface area contributed by atoms with Gasteiger partial charge in [0.25, 0.3) is 0 Å². The maximum absolute atomic E-state index is 10.4. The van der Waals surface area contributed by atoms with E-state index in [1.54, 1.807) is 17.1 Å². The Kier molecular flexibility index (Phi) is 3.53. The van der Waals surface area contributed by atoms with E-state index in [1.165, 1.54) is 0 Å². The second-order valence-corrected chi connectivity index (χ2v) is 6.40. The van der Waals surface area contributed by atoms with E-state index in [0.29, 0.717) is 5.88 Å². The standard InChI is InChI=1S/C19H19N5O/c1-12(2)23-11-15-9-14(6-7-17(15)19(23)25)18-13(3)24(22-21-18)16-5-4-8-20-10-16/h4-12,25H,1-3H3. The molecule has 0 fully saturated rings. The van der Waals surface area contributed by atoms with Gasteiger partial charge in [0.1, 0.15) is 5.69 Å². The van der Waals surface area contributed by atoms with Crippen molar-refractivity contribution in [1.29, 1.82) is 0 Å². The highest BCUT2D eigenvalue weighted by molar-refractivity contribution is 5.91. The fraction of sp³-hybridized carbons (Fsp3) is 0.211. The highest BCUT2D eigenvalue weighted by atomic mass is 16.3. The van der Waals surface area contributed by atoms with E-state index < -0.39 is 0 Å². The maximum atomic E-state index is 10.4. The molecule has 1 aromatic carbocycles. The second kappa shape index (κ2) is 5.73. The first kappa shape index (κ1) is 15.4. The highest BCUT2D eigenvalue weighted by Crippen LogP contribution is 2.33. The zero-order valence-electron chi connectivity index (χ0n) is 14.4. The number of hydrogen-bond acceptors (Lipinski definition) is 4. The third-order valence-electron chi connectivity index (χ3n) is 4.43. The Hall–Kier alpha value is -3.15. The van der Waals surface area contributed by atoms with Gasteiger partial charge in [-0.15, -0.1) is 5.10 Å². The Morgan fingerprint density at radius 2 is 2.00 bits per heavy atom. The van der Waals surface area contributed by atoms with Gasteiger partial charge < -0.3 is 9.67 Å². The Balaban J connectivity index is 1.82. The maximum Gasteiger partial charge on any atom is 0.199 e. The largest absolute Gasteiger partial charge is 0.494 e. The lowest BCUT2D eigenvalue weighted by atomic mass is 10.1. The molecule has 126 valence electrons. The van der Waals surface area contributed by atoms with Crippen molar-refractivity contribution < 1.29 is 5.11 Å². The van der Waals surface area contributed by atoms with Gasteiger partial charge in [-0.05, 0) is 45.0 Å². The summed E-state index contributed by atoms with van der Waals surface area (Å²) in [5.41, 5.74) is 3.62. The fourth-order valence-electron chi connectivity index (χ4n) is 3.08. The topological polar surface area (TPSA) is 68.8 Å². The molecule has 6 heteroatoms. The Morgan fingerprint density at radius 1 is 1.16 bits per heavy atom. The molecule has 4 rings (SSSR count). The molecule has 0 radical (unpaired) electrons. The summed E-state index contributed by atoms with van der Waals surface area (Å²) in [5, 5.41) is 20.8. The summed E-state index contributed by atoms with van der Waals surface area (Å²) in [5.74, 6) is 0.298. The van der Waals surface area contributed by atoms with Gasteiger partial charge in [-0.25, -0.2) is 4.68 Å². The van der Waals surface area contributed by atoms with Gasteiger partial charge in [0.2, 0.25) is 0 Å². The molecule has 0 spiro atoms. The molecular weight excluding hydrogens is 314 g/mol. The van der Waals surface area contributed by atoms with Crippen molar-refractivity contribution in [3.05, 3.63) is 54.6 Å². The van der Waals surface area contributed by atoms with Crippen molar-refractivity contribution >= 4 is 10.8 Å². The molecule has 0 saturated carbocycles. The molecule has 0 aliphatic heterocycles. The smallest absolute Gasteiger partial charge is 0.199 e. The third kappa shape index (κ3) is 2.46. The van der Waals surface area contributed by atoms with Crippen LogP contribution in [0, 0.1) is 6.92 Å². The average Bonchev–Trinajstić information content (AvgIpc) is 3.16. The van der Waals surface area contributed by atoms with Crippen LogP contribution in [0.25, 0.3) is 27.7 Å². The third-order valence-corrected chi connectivity index (χ3v) is 4.43. The molecule has 0 amide bonds. The molecule has 0 bridgehead atoms. The van der Waals surface area contributed by atoms with Gasteiger partial charge in [0, 0.05) is 34.8 Å². The van der Waals surface area contributed by atoms with Gasteiger partial charge in [0.05, 0.1) is 17.6 Å². The van der Waals surface area contributed by atoms with E-state index in [4.69, 9.17) is 0 Å². The zero-order chi connectivity index (χ0) is 17.6. The number of benzene rings is 1. The van der Waals surface area contributed by atoms with Crippen LogP contribution in [0.2, 0.25) is 0 Å². The molecule has 3 heterocycles. The summed E-state index contributed by atoms with van der Waals surface area (Å²) >= 11 is 0. The summed E-state index contributed by atoms with van der Waals surface area (Å²) < 4.78 is 3.65. The van der Waals surface area contributed by atoms with Crippen molar-refractivity contribution in [2.45, 2.75) is 26.8 Å². The van der Waals surface area contributed by atoms with Crippen molar-refractivity contribution in [1.82, 2.24) is 24.5 Å². The van der Waals surface area contributed by atoms with Gasteiger partial charge in [-0.1, -0.05) is 11.3 Å². The second-order valence-electron chi connectivity index (χ2n) is 6.40. The van der Waals surface area contributed by atoms with Gasteiger partial charge in [0.15, 0.2) is 5.88 Å². The Labute approximate surface area is 145 Å². The molecule has 0 aliphatic carbocycles. The van der Waals surface area contributed by atoms with Gasteiger partial charge >= 0.3 is 0 Å². The van der Waals surface area contributed by atoms with Crippen molar-refractivity contribution in [3.63, 3.8) is 0 Å². The fourth-order valence-corrected chi connectivity index (χ4v) is 3.08. The van der Waals surface area contributed by atoms with Crippen LogP contribution < -0.4 is 0 Å². The van der Waals surface area contributed by atoms with Crippen LogP contribution in [-0.2, 0) is 0 Å². The minimum absolute atomic E-state index is 0.198. The van der Waals surface area contributed by atoms with Crippen LogP contribution in [0.5, 0.6) is 5.88 Å². The lowest BCUT2D eigenvalue weighted by Crippen LogP contribution is -1.99. The first-order chi connectivity index (χ1) is 12.1. The zero-order valence-corrected chi connectivity index (χ0v) is 14.4. The summed E-state index contributed by atoms with van der Waals surface area (Å²) in [6, 6.07) is 9.96. The van der Waals surface area contributed by atoms with Gasteiger partial charge in [-0.2, -0.15) is 0 Å². The molecule has 25 heavy (non-hydrogen) atoms. The molecule has 4 aromatic rings. The summed E-state index contributed by atoms with van der Waals surface area (Å²) in [7, 11) is 0. The molecule has 0 atom stereocenters. The average molecular weight is 333 g/mol. The number of aromatic nitrogens is 5. The van der Waals surface area contributed by atoms with Gasteiger partial charge in [-0.3, -0.25) is 4.98 Å². The van der Waals surface area contributed by atoms with E-state index in [0.717, 1.165) is 33.4 Å². The lowest BCUT2D eigenvalue weighted by molar-refractivity contribution is 0.405. The molecule has 0 unspecified atom stereocenters. The molecule has 0 saturated heterocycles. The SMILES string of the molecule is Cc1c(-c2ccc3c(O)n(C(C)C)cc3c2)nnn1-c1cccnc1. The number of pyridine rings is 1. The summed E-state index contributed by atoms with van der Waals surface area (Å²) in [6.07, 6.45) is 5.46. The van der Waals surface area contributed by atoms with Crippen LogP contribution in [0.4, 0.5) is 0 Å². The van der Waals surface area contributed by atoms with E-state index in [2.05, 4.69) is 15.3 Å². The van der Waals surface area contributed by atoms with Crippen LogP contribution in [0.3, 0.4) is 0 Å². The predicted octanol–water partition coefficient (Wildman–Crippen LogP) is 3.88. The van der Waals surface area contributed by atoms with E-state index in [-0.39, 0.29) is 6.04 Å². The highest BCUT2D eigenvalue weighted by Gasteiger charge is 2.15.